The molecule has 2 aromatic carbocycles. The van der Waals surface area contributed by atoms with Crippen LogP contribution in [-0.4, -0.2) is 22.8 Å². The van der Waals surface area contributed by atoms with Crippen molar-refractivity contribution < 1.29 is 14.6 Å². The standard InChI is InChI=1S/C22H21NO3/c1-26-19-7-4-6-16(13-19)21-14-17-5-2-3-8-20(17)23(21)18-11-9-15(10-12-18)22(24)25/h4,6-7,9-14H,2-3,5,8H2,1H3,(H,24,25). The Hall–Kier alpha value is -3.01. The Balaban J connectivity index is 1.89. The third-order valence-corrected chi connectivity index (χ3v) is 5.04. The predicted molar refractivity (Wildman–Crippen MR) is 101 cm³/mol. The Morgan fingerprint density at radius 1 is 1.04 bits per heavy atom. The van der Waals surface area contributed by atoms with E-state index in [0.717, 1.165) is 35.5 Å². The lowest BCUT2D eigenvalue weighted by molar-refractivity contribution is 0.0697. The van der Waals surface area contributed by atoms with Crippen LogP contribution in [0.1, 0.15) is 34.5 Å². The Kier molecular flexibility index (Phi) is 4.25. The number of carbonyl (C=O) groups is 1. The van der Waals surface area contributed by atoms with E-state index in [1.54, 1.807) is 19.2 Å². The molecule has 0 bridgehead atoms. The summed E-state index contributed by atoms with van der Waals surface area (Å²) in [5, 5.41) is 9.17. The fourth-order valence-corrected chi connectivity index (χ4v) is 3.74. The molecule has 0 spiro atoms. The summed E-state index contributed by atoms with van der Waals surface area (Å²) in [6.07, 6.45) is 4.53. The number of aryl methyl sites for hydroxylation is 1. The second kappa shape index (κ2) is 6.71. The third kappa shape index (κ3) is 2.88. The third-order valence-electron chi connectivity index (χ3n) is 5.04. The van der Waals surface area contributed by atoms with Crippen LogP contribution in [0.3, 0.4) is 0 Å². The van der Waals surface area contributed by atoms with E-state index in [-0.39, 0.29) is 0 Å². The van der Waals surface area contributed by atoms with E-state index in [9.17, 15) is 4.79 Å². The Morgan fingerprint density at radius 2 is 1.81 bits per heavy atom. The molecule has 0 unspecified atom stereocenters. The maximum absolute atomic E-state index is 11.2. The molecule has 26 heavy (non-hydrogen) atoms. The maximum atomic E-state index is 11.2. The minimum absolute atomic E-state index is 0.303. The number of aromatic carboxylic acids is 1. The van der Waals surface area contributed by atoms with Crippen LogP contribution in [0.25, 0.3) is 16.9 Å². The van der Waals surface area contributed by atoms with Crippen molar-refractivity contribution in [3.05, 3.63) is 71.4 Å². The summed E-state index contributed by atoms with van der Waals surface area (Å²) >= 11 is 0. The van der Waals surface area contributed by atoms with Crippen molar-refractivity contribution in [2.24, 2.45) is 0 Å². The van der Waals surface area contributed by atoms with Crippen molar-refractivity contribution >= 4 is 5.97 Å². The minimum atomic E-state index is -0.904. The molecule has 4 rings (SSSR count). The van der Waals surface area contributed by atoms with Crippen molar-refractivity contribution in [2.45, 2.75) is 25.7 Å². The summed E-state index contributed by atoms with van der Waals surface area (Å²) in [5.74, 6) is -0.0754. The van der Waals surface area contributed by atoms with Crippen molar-refractivity contribution in [3.8, 4) is 22.7 Å². The number of rotatable bonds is 4. The van der Waals surface area contributed by atoms with E-state index in [1.807, 2.05) is 30.3 Å². The van der Waals surface area contributed by atoms with Gasteiger partial charge in [-0.1, -0.05) is 12.1 Å². The summed E-state index contributed by atoms with van der Waals surface area (Å²) in [4.78, 5) is 11.2. The van der Waals surface area contributed by atoms with E-state index in [0.29, 0.717) is 5.56 Å². The lowest BCUT2D eigenvalue weighted by Gasteiger charge is -2.18. The average molecular weight is 347 g/mol. The van der Waals surface area contributed by atoms with Gasteiger partial charge < -0.3 is 14.4 Å². The fourth-order valence-electron chi connectivity index (χ4n) is 3.74. The van der Waals surface area contributed by atoms with Gasteiger partial charge in [0.05, 0.1) is 18.4 Å². The largest absolute Gasteiger partial charge is 0.497 e. The van der Waals surface area contributed by atoms with Crippen molar-refractivity contribution in [1.29, 1.82) is 0 Å². The number of aromatic nitrogens is 1. The smallest absolute Gasteiger partial charge is 0.335 e. The summed E-state index contributed by atoms with van der Waals surface area (Å²) < 4.78 is 7.66. The molecule has 3 aromatic rings. The second-order valence-corrected chi connectivity index (χ2v) is 6.63. The summed E-state index contributed by atoms with van der Waals surface area (Å²) in [7, 11) is 1.67. The molecular weight excluding hydrogens is 326 g/mol. The van der Waals surface area contributed by atoms with Gasteiger partial charge in [-0.2, -0.15) is 0 Å². The minimum Gasteiger partial charge on any atom is -0.497 e. The average Bonchev–Trinajstić information content (AvgIpc) is 3.07. The lowest BCUT2D eigenvalue weighted by atomic mass is 9.98. The number of nitrogens with zero attached hydrogens (tertiary/aromatic N) is 1. The van der Waals surface area contributed by atoms with Crippen LogP contribution in [0.2, 0.25) is 0 Å². The van der Waals surface area contributed by atoms with Gasteiger partial charge in [0.15, 0.2) is 0 Å². The van der Waals surface area contributed by atoms with Gasteiger partial charge in [-0.25, -0.2) is 4.79 Å². The molecule has 0 amide bonds. The van der Waals surface area contributed by atoms with Crippen LogP contribution in [-0.2, 0) is 12.8 Å². The molecule has 0 aliphatic heterocycles. The van der Waals surface area contributed by atoms with Gasteiger partial charge in [-0.15, -0.1) is 0 Å². The number of methoxy groups -OCH3 is 1. The van der Waals surface area contributed by atoms with Crippen LogP contribution >= 0.6 is 0 Å². The van der Waals surface area contributed by atoms with Crippen LogP contribution in [0, 0.1) is 0 Å². The van der Waals surface area contributed by atoms with Crippen LogP contribution < -0.4 is 4.74 Å². The number of carboxylic acids is 1. The van der Waals surface area contributed by atoms with E-state index in [4.69, 9.17) is 9.84 Å². The monoisotopic (exact) mass is 347 g/mol. The molecule has 0 radical (unpaired) electrons. The number of hydrogen-bond acceptors (Lipinski definition) is 2. The SMILES string of the molecule is COc1cccc(-c2cc3c(n2-c2ccc(C(=O)O)cc2)CCCC3)c1. The highest BCUT2D eigenvalue weighted by atomic mass is 16.5. The first-order chi connectivity index (χ1) is 12.7. The highest BCUT2D eigenvalue weighted by Gasteiger charge is 2.20. The van der Waals surface area contributed by atoms with Gasteiger partial charge in [0.25, 0.3) is 0 Å². The van der Waals surface area contributed by atoms with Crippen LogP contribution in [0.4, 0.5) is 0 Å². The summed E-state index contributed by atoms with van der Waals surface area (Å²) in [6.45, 7) is 0. The topological polar surface area (TPSA) is 51.5 Å². The molecule has 1 aromatic heterocycles. The number of fused-ring (bicyclic) bond motifs is 1. The highest BCUT2D eigenvalue weighted by molar-refractivity contribution is 5.87. The van der Waals surface area contributed by atoms with Crippen LogP contribution in [0.15, 0.2) is 54.6 Å². The zero-order chi connectivity index (χ0) is 18.1. The summed E-state index contributed by atoms with van der Waals surface area (Å²) in [5.41, 5.74) is 6.24. The Bertz CT molecular complexity index is 954. The molecule has 4 nitrogen and oxygen atoms in total. The maximum Gasteiger partial charge on any atom is 0.335 e. The zero-order valence-electron chi connectivity index (χ0n) is 14.7. The number of carboxylic acid groups (broad SMARTS) is 1. The van der Waals surface area contributed by atoms with Crippen molar-refractivity contribution in [2.75, 3.05) is 7.11 Å². The number of hydrogen-bond donors (Lipinski definition) is 1. The first kappa shape index (κ1) is 16.5. The molecule has 132 valence electrons. The fraction of sp³-hybridized carbons (Fsp3) is 0.227. The van der Waals surface area contributed by atoms with Gasteiger partial charge in [0.2, 0.25) is 0 Å². The van der Waals surface area contributed by atoms with Gasteiger partial charge in [0, 0.05) is 16.9 Å². The molecule has 0 saturated carbocycles. The predicted octanol–water partition coefficient (Wildman–Crippen LogP) is 4.73. The Morgan fingerprint density at radius 3 is 2.54 bits per heavy atom. The van der Waals surface area contributed by atoms with Gasteiger partial charge in [-0.3, -0.25) is 0 Å². The molecular formula is C22H21NO3. The van der Waals surface area contributed by atoms with E-state index >= 15 is 0 Å². The van der Waals surface area contributed by atoms with Crippen molar-refractivity contribution in [3.63, 3.8) is 0 Å². The molecule has 0 saturated heterocycles. The van der Waals surface area contributed by atoms with Gasteiger partial charge >= 0.3 is 5.97 Å². The first-order valence-electron chi connectivity index (χ1n) is 8.89. The molecule has 0 fully saturated rings. The van der Waals surface area contributed by atoms with E-state index in [1.165, 1.54) is 24.1 Å². The number of ether oxygens (including phenoxy) is 1. The Labute approximate surface area is 152 Å². The molecule has 1 aliphatic carbocycles. The molecule has 1 aliphatic rings. The van der Waals surface area contributed by atoms with Gasteiger partial charge in [0.1, 0.15) is 5.75 Å². The second-order valence-electron chi connectivity index (χ2n) is 6.63. The highest BCUT2D eigenvalue weighted by Crippen LogP contribution is 2.35. The first-order valence-corrected chi connectivity index (χ1v) is 8.89. The quantitative estimate of drug-likeness (QED) is 0.742. The van der Waals surface area contributed by atoms with E-state index < -0.39 is 5.97 Å². The lowest BCUT2D eigenvalue weighted by Crippen LogP contribution is -2.08. The molecule has 1 N–H and O–H groups in total. The van der Waals surface area contributed by atoms with Crippen LogP contribution in [0.5, 0.6) is 5.75 Å². The van der Waals surface area contributed by atoms with Gasteiger partial charge in [-0.05, 0) is 73.7 Å². The van der Waals surface area contributed by atoms with E-state index in [2.05, 4.69) is 16.7 Å². The normalized spacial score (nSPS) is 13.3. The molecule has 4 heteroatoms. The van der Waals surface area contributed by atoms with Crippen molar-refractivity contribution in [1.82, 2.24) is 4.57 Å². The molecule has 0 atom stereocenters. The molecule has 1 heterocycles. The zero-order valence-corrected chi connectivity index (χ0v) is 14.7. The summed E-state index contributed by atoms with van der Waals surface area (Å²) in [6, 6.07) is 17.5. The number of benzene rings is 2.